The maximum Gasteiger partial charge on any atom is 0.251 e. The summed E-state index contributed by atoms with van der Waals surface area (Å²) in [6.45, 7) is 0. The van der Waals surface area contributed by atoms with Gasteiger partial charge < -0.3 is 19.9 Å². The van der Waals surface area contributed by atoms with Crippen molar-refractivity contribution in [2.75, 3.05) is 14.2 Å². The van der Waals surface area contributed by atoms with E-state index in [1.807, 2.05) is 0 Å². The quantitative estimate of drug-likeness (QED) is 0.868. The third kappa shape index (κ3) is 3.68. The van der Waals surface area contributed by atoms with Crippen LogP contribution in [0.5, 0.6) is 11.5 Å². The second-order valence-corrected chi connectivity index (χ2v) is 5.92. The zero-order valence-corrected chi connectivity index (χ0v) is 13.8. The van der Waals surface area contributed by atoms with Crippen LogP contribution in [0.15, 0.2) is 16.6 Å². The maximum absolute atomic E-state index is 12.4. The molecule has 1 amide bonds. The minimum Gasteiger partial charge on any atom is -0.495 e. The normalized spacial score (nSPS) is 21.7. The molecule has 116 valence electrons. The molecular weight excluding hydrogens is 338 g/mol. The van der Waals surface area contributed by atoms with Crippen LogP contribution in [0, 0.1) is 0 Å². The molecule has 2 atom stereocenters. The summed E-state index contributed by atoms with van der Waals surface area (Å²) in [5.74, 6) is 0.831. The molecule has 0 saturated heterocycles. The van der Waals surface area contributed by atoms with Gasteiger partial charge in [0, 0.05) is 5.56 Å². The summed E-state index contributed by atoms with van der Waals surface area (Å²) in [6, 6.07) is 3.11. The van der Waals surface area contributed by atoms with Crippen LogP contribution < -0.4 is 14.8 Å². The number of hydrogen-bond acceptors (Lipinski definition) is 4. The van der Waals surface area contributed by atoms with Gasteiger partial charge in [0.1, 0.15) is 16.0 Å². The number of rotatable bonds is 4. The van der Waals surface area contributed by atoms with Crippen molar-refractivity contribution in [3.8, 4) is 11.5 Å². The molecule has 1 aliphatic carbocycles. The van der Waals surface area contributed by atoms with Crippen molar-refractivity contribution in [1.29, 1.82) is 0 Å². The Morgan fingerprint density at radius 1 is 1.24 bits per heavy atom. The summed E-state index contributed by atoms with van der Waals surface area (Å²) in [4.78, 5) is 12.4. The summed E-state index contributed by atoms with van der Waals surface area (Å²) in [6.07, 6.45) is 3.10. The highest BCUT2D eigenvalue weighted by Crippen LogP contribution is 2.35. The number of amides is 1. The molecular formula is C15H20BrNO4. The molecule has 0 aromatic heterocycles. The van der Waals surface area contributed by atoms with E-state index in [1.54, 1.807) is 12.1 Å². The van der Waals surface area contributed by atoms with Crippen molar-refractivity contribution >= 4 is 21.8 Å². The molecule has 0 spiro atoms. The van der Waals surface area contributed by atoms with Gasteiger partial charge in [-0.15, -0.1) is 0 Å². The van der Waals surface area contributed by atoms with E-state index in [2.05, 4.69) is 21.2 Å². The van der Waals surface area contributed by atoms with Gasteiger partial charge in [0.2, 0.25) is 0 Å². The van der Waals surface area contributed by atoms with E-state index in [1.165, 1.54) is 14.2 Å². The number of carbonyl (C=O) groups is 1. The van der Waals surface area contributed by atoms with Gasteiger partial charge in [0.05, 0.1) is 26.4 Å². The molecule has 6 heteroatoms. The molecule has 1 saturated carbocycles. The number of benzene rings is 1. The van der Waals surface area contributed by atoms with E-state index in [0.717, 1.165) is 25.7 Å². The number of nitrogens with one attached hydrogen (secondary N) is 1. The van der Waals surface area contributed by atoms with E-state index < -0.39 is 6.10 Å². The van der Waals surface area contributed by atoms with E-state index in [-0.39, 0.29) is 11.9 Å². The molecule has 5 nitrogen and oxygen atoms in total. The van der Waals surface area contributed by atoms with E-state index >= 15 is 0 Å². The Hall–Kier alpha value is -1.27. The molecule has 1 fully saturated rings. The van der Waals surface area contributed by atoms with E-state index in [0.29, 0.717) is 21.5 Å². The Kier molecular flexibility index (Phi) is 5.47. The lowest BCUT2D eigenvalue weighted by molar-refractivity contribution is 0.0717. The highest BCUT2D eigenvalue weighted by atomic mass is 79.9. The topological polar surface area (TPSA) is 67.8 Å². The van der Waals surface area contributed by atoms with Crippen LogP contribution >= 0.6 is 15.9 Å². The monoisotopic (exact) mass is 357 g/mol. The van der Waals surface area contributed by atoms with E-state index in [4.69, 9.17) is 9.47 Å². The first kappa shape index (κ1) is 16.1. The number of methoxy groups -OCH3 is 2. The molecule has 1 aromatic carbocycles. The average molecular weight is 358 g/mol. The zero-order valence-electron chi connectivity index (χ0n) is 12.2. The second kappa shape index (κ2) is 7.13. The lowest BCUT2D eigenvalue weighted by atomic mass is 9.92. The second-order valence-electron chi connectivity index (χ2n) is 5.13. The molecule has 21 heavy (non-hydrogen) atoms. The van der Waals surface area contributed by atoms with Gasteiger partial charge in [-0.3, -0.25) is 4.79 Å². The number of aliphatic hydroxyl groups excluding tert-OH is 1. The summed E-state index contributed by atoms with van der Waals surface area (Å²) in [7, 11) is 3.07. The van der Waals surface area contributed by atoms with Gasteiger partial charge in [-0.05, 0) is 40.9 Å². The highest BCUT2D eigenvalue weighted by Gasteiger charge is 2.25. The van der Waals surface area contributed by atoms with Crippen LogP contribution in [-0.4, -0.2) is 37.4 Å². The first-order chi connectivity index (χ1) is 10.1. The van der Waals surface area contributed by atoms with Gasteiger partial charge >= 0.3 is 0 Å². The van der Waals surface area contributed by atoms with Crippen LogP contribution in [0.4, 0.5) is 0 Å². The fourth-order valence-corrected chi connectivity index (χ4v) is 3.08. The van der Waals surface area contributed by atoms with Crippen molar-refractivity contribution in [2.45, 2.75) is 37.8 Å². The molecule has 0 radical (unpaired) electrons. The fraction of sp³-hybridized carbons (Fsp3) is 0.533. The Labute approximate surface area is 132 Å². The predicted molar refractivity (Wildman–Crippen MR) is 83.0 cm³/mol. The Bertz CT molecular complexity index is 495. The molecule has 1 aromatic rings. The Morgan fingerprint density at radius 3 is 2.33 bits per heavy atom. The van der Waals surface area contributed by atoms with Crippen LogP contribution in [0.3, 0.4) is 0 Å². The largest absolute Gasteiger partial charge is 0.495 e. The molecule has 0 unspecified atom stereocenters. The summed E-state index contributed by atoms with van der Waals surface area (Å²) in [5.41, 5.74) is 0.449. The Balaban J connectivity index is 2.18. The first-order valence-corrected chi connectivity index (χ1v) is 7.76. The standard InChI is InChI=1S/C15H20BrNO4/c1-20-12-7-9(8-13(21-2)14(12)16)15(19)17-10-5-3-4-6-11(10)18/h7-8,10-11,18H,3-6H2,1-2H3,(H,17,19)/t10-,11-/m1/s1. The lowest BCUT2D eigenvalue weighted by Crippen LogP contribution is -2.45. The van der Waals surface area contributed by atoms with Crippen LogP contribution in [0.25, 0.3) is 0 Å². The third-order valence-corrected chi connectivity index (χ3v) is 4.54. The van der Waals surface area contributed by atoms with Gasteiger partial charge in [-0.1, -0.05) is 12.8 Å². The number of aliphatic hydroxyl groups is 1. The number of ether oxygens (including phenoxy) is 2. The maximum atomic E-state index is 12.4. The molecule has 0 bridgehead atoms. The first-order valence-electron chi connectivity index (χ1n) is 6.97. The summed E-state index contributed by atoms with van der Waals surface area (Å²) >= 11 is 3.37. The van der Waals surface area contributed by atoms with Crippen molar-refractivity contribution in [3.05, 3.63) is 22.2 Å². The molecule has 0 aliphatic heterocycles. The number of halogens is 1. The van der Waals surface area contributed by atoms with Crippen LogP contribution in [0.2, 0.25) is 0 Å². The predicted octanol–water partition coefficient (Wildman–Crippen LogP) is 2.50. The molecule has 2 rings (SSSR count). The van der Waals surface area contributed by atoms with Crippen LogP contribution in [0.1, 0.15) is 36.0 Å². The minimum absolute atomic E-state index is 0.188. The molecule has 1 aliphatic rings. The van der Waals surface area contributed by atoms with Crippen molar-refractivity contribution < 1.29 is 19.4 Å². The molecule has 0 heterocycles. The van der Waals surface area contributed by atoms with Crippen molar-refractivity contribution in [3.63, 3.8) is 0 Å². The summed E-state index contributed by atoms with van der Waals surface area (Å²) in [5, 5.41) is 12.8. The van der Waals surface area contributed by atoms with Crippen LogP contribution in [-0.2, 0) is 0 Å². The minimum atomic E-state index is -0.470. The fourth-order valence-electron chi connectivity index (χ4n) is 2.53. The lowest BCUT2D eigenvalue weighted by Gasteiger charge is -2.28. The highest BCUT2D eigenvalue weighted by molar-refractivity contribution is 9.10. The van der Waals surface area contributed by atoms with Gasteiger partial charge in [-0.2, -0.15) is 0 Å². The smallest absolute Gasteiger partial charge is 0.251 e. The average Bonchev–Trinajstić information content (AvgIpc) is 2.49. The number of carbonyl (C=O) groups excluding carboxylic acids is 1. The van der Waals surface area contributed by atoms with E-state index in [9.17, 15) is 9.90 Å². The summed E-state index contributed by atoms with van der Waals surface area (Å²) < 4.78 is 11.1. The third-order valence-electron chi connectivity index (χ3n) is 3.75. The number of hydrogen-bond donors (Lipinski definition) is 2. The SMILES string of the molecule is COc1cc(C(=O)N[C@@H]2CCCC[C@H]2O)cc(OC)c1Br. The Morgan fingerprint density at radius 2 is 1.81 bits per heavy atom. The van der Waals surface area contributed by atoms with Crippen molar-refractivity contribution in [2.24, 2.45) is 0 Å². The van der Waals surface area contributed by atoms with Gasteiger partial charge in [0.15, 0.2) is 0 Å². The zero-order chi connectivity index (χ0) is 15.4. The van der Waals surface area contributed by atoms with Gasteiger partial charge in [0.25, 0.3) is 5.91 Å². The van der Waals surface area contributed by atoms with Gasteiger partial charge in [-0.25, -0.2) is 0 Å². The van der Waals surface area contributed by atoms with Crippen molar-refractivity contribution in [1.82, 2.24) is 5.32 Å². The molecule has 2 N–H and O–H groups in total.